The molecule has 0 saturated carbocycles. The van der Waals surface area contributed by atoms with E-state index in [0.717, 1.165) is 0 Å². The Morgan fingerprint density at radius 3 is 1.88 bits per heavy atom. The molecule has 0 saturated heterocycles. The van der Waals surface area contributed by atoms with Gasteiger partial charge in [0.15, 0.2) is 5.92 Å². The maximum Gasteiger partial charge on any atom is 0.320 e. The molecule has 1 unspecified atom stereocenters. The molecular weight excluding hydrogens is 232 g/mol. The van der Waals surface area contributed by atoms with Crippen LogP contribution in [0.5, 0.6) is 0 Å². The van der Waals surface area contributed by atoms with Crippen LogP contribution >= 0.6 is 11.6 Å². The van der Waals surface area contributed by atoms with Gasteiger partial charge in [0.05, 0.1) is 13.2 Å². The first-order valence-electron chi connectivity index (χ1n) is 5.45. The molecule has 0 aromatic rings. The van der Waals surface area contributed by atoms with Gasteiger partial charge in [-0.3, -0.25) is 9.59 Å². The molecule has 0 N–H and O–H groups in total. The van der Waals surface area contributed by atoms with Crippen molar-refractivity contribution in [1.29, 1.82) is 0 Å². The molecule has 0 aromatic carbocycles. The van der Waals surface area contributed by atoms with Crippen molar-refractivity contribution in [2.24, 2.45) is 11.8 Å². The van der Waals surface area contributed by atoms with Crippen LogP contribution in [0.2, 0.25) is 0 Å². The fourth-order valence-corrected chi connectivity index (χ4v) is 1.37. The summed E-state index contributed by atoms with van der Waals surface area (Å²) < 4.78 is 9.67. The zero-order valence-corrected chi connectivity index (χ0v) is 10.8. The van der Waals surface area contributed by atoms with E-state index < -0.39 is 17.9 Å². The molecule has 0 fully saturated rings. The number of rotatable bonds is 7. The highest BCUT2D eigenvalue weighted by Gasteiger charge is 2.30. The molecule has 16 heavy (non-hydrogen) atoms. The minimum atomic E-state index is -0.853. The van der Waals surface area contributed by atoms with E-state index in [1.165, 1.54) is 0 Å². The van der Waals surface area contributed by atoms with Gasteiger partial charge in [-0.05, 0) is 26.2 Å². The molecule has 0 radical (unpaired) electrons. The average Bonchev–Trinajstić information content (AvgIpc) is 2.25. The molecule has 0 bridgehead atoms. The van der Waals surface area contributed by atoms with Crippen LogP contribution in [0.15, 0.2) is 0 Å². The number of esters is 2. The summed E-state index contributed by atoms with van der Waals surface area (Å²) >= 11 is 5.66. The molecule has 0 spiro atoms. The molecule has 0 amide bonds. The number of hydrogen-bond donors (Lipinski definition) is 0. The number of ether oxygens (including phenoxy) is 2. The van der Waals surface area contributed by atoms with Crippen molar-refractivity contribution in [3.63, 3.8) is 0 Å². The summed E-state index contributed by atoms with van der Waals surface area (Å²) in [7, 11) is 0. The molecule has 0 aromatic heterocycles. The monoisotopic (exact) mass is 250 g/mol. The zero-order valence-electron chi connectivity index (χ0n) is 9.99. The van der Waals surface area contributed by atoms with E-state index in [0.29, 0.717) is 12.3 Å². The minimum Gasteiger partial charge on any atom is -0.465 e. The van der Waals surface area contributed by atoms with Crippen molar-refractivity contribution in [3.8, 4) is 0 Å². The van der Waals surface area contributed by atoms with Crippen LogP contribution in [0.3, 0.4) is 0 Å². The van der Waals surface area contributed by atoms with Crippen LogP contribution < -0.4 is 0 Å². The molecule has 5 heteroatoms. The van der Waals surface area contributed by atoms with E-state index >= 15 is 0 Å². The van der Waals surface area contributed by atoms with Gasteiger partial charge in [0.25, 0.3) is 0 Å². The normalized spacial score (nSPS) is 12.3. The highest BCUT2D eigenvalue weighted by atomic mass is 35.5. The summed E-state index contributed by atoms with van der Waals surface area (Å²) in [4.78, 5) is 23.1. The molecule has 0 aliphatic heterocycles. The predicted octanol–water partition coefficient (Wildman–Crippen LogP) is 1.99. The first-order valence-corrected chi connectivity index (χ1v) is 5.99. The molecule has 0 aliphatic rings. The number of hydrogen-bond acceptors (Lipinski definition) is 4. The second kappa shape index (κ2) is 8.39. The van der Waals surface area contributed by atoms with Crippen LogP contribution in [-0.2, 0) is 19.1 Å². The van der Waals surface area contributed by atoms with E-state index in [1.54, 1.807) is 13.8 Å². The Morgan fingerprint density at radius 1 is 1.12 bits per heavy atom. The van der Waals surface area contributed by atoms with Gasteiger partial charge < -0.3 is 9.47 Å². The van der Waals surface area contributed by atoms with Gasteiger partial charge in [0.2, 0.25) is 0 Å². The smallest absolute Gasteiger partial charge is 0.320 e. The van der Waals surface area contributed by atoms with Gasteiger partial charge in [-0.2, -0.15) is 0 Å². The summed E-state index contributed by atoms with van der Waals surface area (Å²) in [5, 5.41) is 0. The number of alkyl halides is 1. The lowest BCUT2D eigenvalue weighted by molar-refractivity contribution is -0.162. The Morgan fingerprint density at radius 2 is 1.56 bits per heavy atom. The molecule has 0 heterocycles. The molecule has 4 nitrogen and oxygen atoms in total. The Balaban J connectivity index is 4.49. The lowest BCUT2D eigenvalue weighted by Crippen LogP contribution is -2.30. The highest BCUT2D eigenvalue weighted by Crippen LogP contribution is 2.17. The van der Waals surface area contributed by atoms with Gasteiger partial charge in [-0.25, -0.2) is 0 Å². The maximum atomic E-state index is 11.5. The van der Waals surface area contributed by atoms with Crippen molar-refractivity contribution < 1.29 is 19.1 Å². The standard InChI is InChI=1S/C11H19ClO4/c1-4-15-10(13)9(6-8(3)7-12)11(14)16-5-2/h8-9H,4-7H2,1-3H3. The van der Waals surface area contributed by atoms with E-state index in [4.69, 9.17) is 21.1 Å². The first-order chi connectivity index (χ1) is 7.56. The van der Waals surface area contributed by atoms with Gasteiger partial charge in [-0.15, -0.1) is 11.6 Å². The van der Waals surface area contributed by atoms with Crippen LogP contribution in [0.4, 0.5) is 0 Å². The lowest BCUT2D eigenvalue weighted by Gasteiger charge is -2.16. The Kier molecular flexibility index (Phi) is 7.99. The summed E-state index contributed by atoms with van der Waals surface area (Å²) in [5.41, 5.74) is 0. The van der Waals surface area contributed by atoms with E-state index in [1.807, 2.05) is 6.92 Å². The molecule has 0 rings (SSSR count). The summed E-state index contributed by atoms with van der Waals surface area (Å²) in [5.74, 6) is -1.44. The van der Waals surface area contributed by atoms with E-state index in [-0.39, 0.29) is 19.1 Å². The summed E-state index contributed by atoms with van der Waals surface area (Å²) in [6.45, 7) is 5.78. The third kappa shape index (κ3) is 5.35. The van der Waals surface area contributed by atoms with Crippen molar-refractivity contribution in [1.82, 2.24) is 0 Å². The average molecular weight is 251 g/mol. The summed E-state index contributed by atoms with van der Waals surface area (Å²) in [6, 6.07) is 0. The second-order valence-corrected chi connectivity index (χ2v) is 3.86. The summed E-state index contributed by atoms with van der Waals surface area (Å²) in [6.07, 6.45) is 0.362. The van der Waals surface area contributed by atoms with Gasteiger partial charge in [0.1, 0.15) is 0 Å². The number of carbonyl (C=O) groups is 2. The van der Waals surface area contributed by atoms with Crippen LogP contribution in [0, 0.1) is 11.8 Å². The fraction of sp³-hybridized carbons (Fsp3) is 0.818. The SMILES string of the molecule is CCOC(=O)C(CC(C)CCl)C(=O)OCC. The first kappa shape index (κ1) is 15.2. The number of halogens is 1. The third-order valence-corrected chi connectivity index (χ3v) is 2.57. The Bertz CT molecular complexity index is 212. The van der Waals surface area contributed by atoms with Crippen molar-refractivity contribution in [2.75, 3.05) is 19.1 Å². The van der Waals surface area contributed by atoms with Crippen LogP contribution in [0.1, 0.15) is 27.2 Å². The zero-order chi connectivity index (χ0) is 12.6. The van der Waals surface area contributed by atoms with Gasteiger partial charge in [-0.1, -0.05) is 6.92 Å². The van der Waals surface area contributed by atoms with E-state index in [2.05, 4.69) is 0 Å². The predicted molar refractivity (Wildman–Crippen MR) is 61.3 cm³/mol. The quantitative estimate of drug-likeness (QED) is 0.394. The Labute approximate surface area is 101 Å². The van der Waals surface area contributed by atoms with Crippen molar-refractivity contribution in [2.45, 2.75) is 27.2 Å². The minimum absolute atomic E-state index is 0.0699. The van der Waals surface area contributed by atoms with Crippen LogP contribution in [0.25, 0.3) is 0 Å². The van der Waals surface area contributed by atoms with Crippen LogP contribution in [-0.4, -0.2) is 31.0 Å². The second-order valence-electron chi connectivity index (χ2n) is 3.55. The largest absolute Gasteiger partial charge is 0.465 e. The number of carbonyl (C=O) groups excluding carboxylic acids is 2. The molecule has 1 atom stereocenters. The fourth-order valence-electron chi connectivity index (χ4n) is 1.24. The van der Waals surface area contributed by atoms with Gasteiger partial charge in [0, 0.05) is 5.88 Å². The third-order valence-electron chi connectivity index (χ3n) is 2.04. The molecule has 0 aliphatic carbocycles. The van der Waals surface area contributed by atoms with Crippen molar-refractivity contribution >= 4 is 23.5 Å². The topological polar surface area (TPSA) is 52.6 Å². The molecule has 94 valence electrons. The van der Waals surface area contributed by atoms with E-state index in [9.17, 15) is 9.59 Å². The van der Waals surface area contributed by atoms with Crippen molar-refractivity contribution in [3.05, 3.63) is 0 Å². The van der Waals surface area contributed by atoms with Gasteiger partial charge >= 0.3 is 11.9 Å². The molecular formula is C11H19ClO4. The Hall–Kier alpha value is -0.770. The lowest BCUT2D eigenvalue weighted by atomic mass is 9.97. The maximum absolute atomic E-state index is 11.5. The highest BCUT2D eigenvalue weighted by molar-refractivity contribution is 6.18.